The Morgan fingerprint density at radius 2 is 1.74 bits per heavy atom. The van der Waals surface area contributed by atoms with Gasteiger partial charge in [0, 0.05) is 61.7 Å². The maximum Gasteiger partial charge on any atom is 0.258 e. The summed E-state index contributed by atoms with van der Waals surface area (Å²) in [6.07, 6.45) is 4.41. The lowest BCUT2D eigenvalue weighted by molar-refractivity contribution is -0.0222. The Bertz CT molecular complexity index is 1160. The van der Waals surface area contributed by atoms with Gasteiger partial charge in [0.1, 0.15) is 5.82 Å². The number of anilines is 3. The molecule has 1 amide bonds. The van der Waals surface area contributed by atoms with Gasteiger partial charge in [-0.15, -0.1) is 0 Å². The Hall–Kier alpha value is -2.50. The van der Waals surface area contributed by atoms with Crippen molar-refractivity contribution < 1.29 is 18.7 Å². The minimum Gasteiger partial charge on any atom is -0.395 e. The van der Waals surface area contributed by atoms with Crippen LogP contribution in [0.4, 0.5) is 26.2 Å². The lowest BCUT2D eigenvalue weighted by Gasteiger charge is -2.35. The molecule has 2 aliphatic heterocycles. The van der Waals surface area contributed by atoms with Gasteiger partial charge in [-0.3, -0.25) is 9.52 Å². The Balaban J connectivity index is 1.35. The second-order valence-electron chi connectivity index (χ2n) is 11.0. The number of aryl methyl sites for hydroxylation is 1. The first-order valence-electron chi connectivity index (χ1n) is 13.4. The summed E-state index contributed by atoms with van der Waals surface area (Å²) in [6.45, 7) is 5.91. The molecule has 38 heavy (non-hydrogen) atoms. The van der Waals surface area contributed by atoms with E-state index in [1.807, 2.05) is 25.1 Å². The molecule has 206 valence electrons. The number of hydrogen-bond donors (Lipinski definition) is 3. The molecular formula is C27H36F2N6O2S. The van der Waals surface area contributed by atoms with Crippen LogP contribution in [-0.2, 0) is 0 Å². The minimum absolute atomic E-state index is 0.0365. The third-order valence-corrected chi connectivity index (χ3v) is 8.86. The highest BCUT2D eigenvalue weighted by Gasteiger charge is 2.44. The summed E-state index contributed by atoms with van der Waals surface area (Å²) in [5.41, 5.74) is 2.61. The molecule has 1 unspecified atom stereocenters. The van der Waals surface area contributed by atoms with Crippen LogP contribution in [0, 0.1) is 12.3 Å². The molecule has 0 bridgehead atoms. The van der Waals surface area contributed by atoms with E-state index in [-0.39, 0.29) is 44.5 Å². The first-order chi connectivity index (χ1) is 18.2. The highest BCUT2D eigenvalue weighted by Crippen LogP contribution is 2.54. The van der Waals surface area contributed by atoms with Gasteiger partial charge >= 0.3 is 0 Å². The molecule has 3 N–H and O–H groups in total. The first kappa shape index (κ1) is 27.1. The number of halogens is 2. The van der Waals surface area contributed by atoms with Crippen LogP contribution in [0.5, 0.6) is 0 Å². The van der Waals surface area contributed by atoms with E-state index in [1.165, 1.54) is 24.8 Å². The third kappa shape index (κ3) is 6.38. The quantitative estimate of drug-likeness (QED) is 0.413. The number of benzene rings is 1. The Labute approximate surface area is 226 Å². The van der Waals surface area contributed by atoms with Crippen LogP contribution in [0.25, 0.3) is 0 Å². The number of piperidine rings is 2. The first-order valence-corrected chi connectivity index (χ1v) is 14.2. The van der Waals surface area contributed by atoms with Crippen molar-refractivity contribution in [2.45, 2.75) is 69.2 Å². The fourth-order valence-corrected chi connectivity index (χ4v) is 5.83. The van der Waals surface area contributed by atoms with Gasteiger partial charge < -0.3 is 20.2 Å². The maximum absolute atomic E-state index is 13.6. The molecule has 3 heterocycles. The molecule has 5 rings (SSSR count). The van der Waals surface area contributed by atoms with Crippen molar-refractivity contribution in [2.75, 3.05) is 47.9 Å². The predicted molar refractivity (Wildman–Crippen MR) is 146 cm³/mol. The fraction of sp³-hybridized carbons (Fsp3) is 0.593. The summed E-state index contributed by atoms with van der Waals surface area (Å²) in [7, 11) is 0. The van der Waals surface area contributed by atoms with E-state index in [0.29, 0.717) is 28.4 Å². The molecule has 8 nitrogen and oxygen atoms in total. The van der Waals surface area contributed by atoms with E-state index in [0.717, 1.165) is 36.5 Å². The van der Waals surface area contributed by atoms with Crippen LogP contribution in [0.15, 0.2) is 29.2 Å². The maximum atomic E-state index is 13.6. The highest BCUT2D eigenvalue weighted by molar-refractivity contribution is 7.97. The number of nitrogens with one attached hydrogen (secondary N) is 2. The summed E-state index contributed by atoms with van der Waals surface area (Å²) in [5.74, 6) is -2.21. The predicted octanol–water partition coefficient (Wildman–Crippen LogP) is 4.63. The number of nitrogens with zero attached hydrogens (tertiary/aromatic N) is 4. The van der Waals surface area contributed by atoms with Gasteiger partial charge in [0.15, 0.2) is 0 Å². The normalized spacial score (nSPS) is 20.9. The van der Waals surface area contributed by atoms with Crippen molar-refractivity contribution in [1.29, 1.82) is 0 Å². The van der Waals surface area contributed by atoms with Gasteiger partial charge in [0.05, 0.1) is 17.9 Å². The average Bonchev–Trinajstić information content (AvgIpc) is 3.65. The van der Waals surface area contributed by atoms with Crippen molar-refractivity contribution in [3.8, 4) is 0 Å². The molecule has 1 spiro atoms. The molecule has 1 aliphatic carbocycles. The van der Waals surface area contributed by atoms with Gasteiger partial charge in [-0.05, 0) is 75.1 Å². The SMILES string of the molecule is Cc1cc(NC(=O)c2ccc(SNC(C)CO)cc2N2CCC3(CC2)CC3)nc(N2CCC(F)(F)CC2)n1. The van der Waals surface area contributed by atoms with Gasteiger partial charge in [-0.1, -0.05) is 0 Å². The molecular weight excluding hydrogens is 510 g/mol. The number of alkyl halides is 2. The van der Waals surface area contributed by atoms with Gasteiger partial charge in [0.25, 0.3) is 11.8 Å². The van der Waals surface area contributed by atoms with E-state index in [4.69, 9.17) is 0 Å². The zero-order valence-corrected chi connectivity index (χ0v) is 22.8. The summed E-state index contributed by atoms with van der Waals surface area (Å²) in [5, 5.41) is 12.3. The number of carbonyl (C=O) groups is 1. The number of hydrogen-bond acceptors (Lipinski definition) is 8. The van der Waals surface area contributed by atoms with Crippen molar-refractivity contribution in [1.82, 2.24) is 14.7 Å². The smallest absolute Gasteiger partial charge is 0.258 e. The molecule has 3 aliphatic rings. The third-order valence-electron chi connectivity index (χ3n) is 7.85. The fourth-order valence-electron chi connectivity index (χ4n) is 5.11. The van der Waals surface area contributed by atoms with Crippen LogP contribution in [0.1, 0.15) is 61.5 Å². The zero-order valence-electron chi connectivity index (χ0n) is 22.0. The number of aliphatic hydroxyl groups is 1. The lowest BCUT2D eigenvalue weighted by atomic mass is 9.93. The van der Waals surface area contributed by atoms with Crippen molar-refractivity contribution in [2.24, 2.45) is 5.41 Å². The number of rotatable bonds is 8. The van der Waals surface area contributed by atoms with Crippen LogP contribution in [0.3, 0.4) is 0 Å². The van der Waals surface area contributed by atoms with E-state index in [9.17, 15) is 18.7 Å². The van der Waals surface area contributed by atoms with E-state index in [2.05, 4.69) is 24.9 Å². The highest BCUT2D eigenvalue weighted by atomic mass is 32.2. The zero-order chi connectivity index (χ0) is 26.9. The van der Waals surface area contributed by atoms with Gasteiger partial charge in [-0.25, -0.2) is 13.8 Å². The summed E-state index contributed by atoms with van der Waals surface area (Å²) < 4.78 is 30.5. The van der Waals surface area contributed by atoms with Crippen molar-refractivity contribution >= 4 is 35.3 Å². The van der Waals surface area contributed by atoms with Crippen molar-refractivity contribution in [3.05, 3.63) is 35.5 Å². The monoisotopic (exact) mass is 546 g/mol. The van der Waals surface area contributed by atoms with Crippen LogP contribution in [0.2, 0.25) is 0 Å². The molecule has 1 aromatic heterocycles. The Kier molecular flexibility index (Phi) is 7.79. The minimum atomic E-state index is -2.66. The molecule has 0 radical (unpaired) electrons. The summed E-state index contributed by atoms with van der Waals surface area (Å²) in [4.78, 5) is 27.5. The largest absolute Gasteiger partial charge is 0.395 e. The van der Waals surface area contributed by atoms with E-state index >= 15 is 0 Å². The number of aliphatic hydroxyl groups excluding tert-OH is 1. The van der Waals surface area contributed by atoms with Crippen LogP contribution >= 0.6 is 11.9 Å². The van der Waals surface area contributed by atoms with Gasteiger partial charge in [0.2, 0.25) is 5.95 Å². The number of amides is 1. The van der Waals surface area contributed by atoms with Gasteiger partial charge in [-0.2, -0.15) is 4.98 Å². The van der Waals surface area contributed by atoms with Crippen LogP contribution in [-0.4, -0.2) is 65.7 Å². The molecule has 2 aromatic rings. The second-order valence-corrected chi connectivity index (χ2v) is 11.9. The van der Waals surface area contributed by atoms with E-state index < -0.39 is 5.92 Å². The molecule has 1 saturated carbocycles. The molecule has 3 fully saturated rings. The molecule has 11 heteroatoms. The average molecular weight is 547 g/mol. The molecule has 1 atom stereocenters. The number of carbonyl (C=O) groups excluding carboxylic acids is 1. The second kappa shape index (κ2) is 10.9. The van der Waals surface area contributed by atoms with E-state index in [1.54, 1.807) is 17.9 Å². The summed E-state index contributed by atoms with van der Waals surface area (Å²) >= 11 is 1.44. The molecule has 1 aromatic carbocycles. The topological polar surface area (TPSA) is 93.6 Å². The number of aromatic nitrogens is 2. The Morgan fingerprint density at radius 1 is 1.05 bits per heavy atom. The molecule has 2 saturated heterocycles. The van der Waals surface area contributed by atoms with Crippen molar-refractivity contribution in [3.63, 3.8) is 0 Å². The summed E-state index contributed by atoms with van der Waals surface area (Å²) in [6, 6.07) is 7.41. The Morgan fingerprint density at radius 3 is 2.39 bits per heavy atom. The standard InChI is InChI=1S/C27H36F2N6O2S/c1-18-15-23(32-25(30-18)35-13-9-27(28,29)10-14-35)31-24(37)21-4-3-20(38-33-19(2)17-36)16-22(21)34-11-7-26(5-6-26)8-12-34/h3-4,15-16,19,33,36H,5-14,17H2,1-2H3,(H,30,31,32,37). The lowest BCUT2D eigenvalue weighted by Crippen LogP contribution is -2.40. The van der Waals surface area contributed by atoms with Crippen LogP contribution < -0.4 is 19.8 Å².